The number of nitrogens with one attached hydrogen (secondary N) is 1. The number of hydrogen-bond acceptors (Lipinski definition) is 3. The molecule has 2 atom stereocenters. The fraction of sp³-hybridized carbons (Fsp3) is 0.562. The van der Waals surface area contributed by atoms with Crippen molar-refractivity contribution in [3.8, 4) is 0 Å². The summed E-state index contributed by atoms with van der Waals surface area (Å²) in [5.41, 5.74) is 3.20. The lowest BCUT2D eigenvalue weighted by Gasteiger charge is -2.34. The topological polar surface area (TPSA) is 41.6 Å². The summed E-state index contributed by atoms with van der Waals surface area (Å²) in [5.74, 6) is 0.0400. The third kappa shape index (κ3) is 4.05. The third-order valence-electron chi connectivity index (χ3n) is 3.52. The number of carbonyl (C=O) groups is 1. The molecule has 1 aromatic carbocycles. The summed E-state index contributed by atoms with van der Waals surface area (Å²) >= 11 is 0. The molecule has 1 saturated heterocycles. The van der Waals surface area contributed by atoms with Gasteiger partial charge in [0.2, 0.25) is 5.91 Å². The van der Waals surface area contributed by atoms with Gasteiger partial charge in [0.05, 0.1) is 18.8 Å². The lowest BCUT2D eigenvalue weighted by molar-refractivity contribution is -0.121. The van der Waals surface area contributed by atoms with E-state index in [1.54, 1.807) is 0 Å². The second-order valence-electron chi connectivity index (χ2n) is 5.82. The zero-order chi connectivity index (χ0) is 14.7. The van der Waals surface area contributed by atoms with Crippen LogP contribution >= 0.6 is 0 Å². The molecule has 110 valence electrons. The van der Waals surface area contributed by atoms with Crippen molar-refractivity contribution in [2.45, 2.75) is 39.9 Å². The molecule has 0 aromatic heterocycles. The van der Waals surface area contributed by atoms with Crippen molar-refractivity contribution in [2.75, 3.05) is 25.0 Å². The highest BCUT2D eigenvalue weighted by molar-refractivity contribution is 5.93. The first-order valence-corrected chi connectivity index (χ1v) is 7.19. The van der Waals surface area contributed by atoms with Gasteiger partial charge >= 0.3 is 0 Å². The van der Waals surface area contributed by atoms with Crippen LogP contribution < -0.4 is 5.32 Å². The Morgan fingerprint density at radius 1 is 1.30 bits per heavy atom. The lowest BCUT2D eigenvalue weighted by Crippen LogP contribution is -2.48. The Bertz CT molecular complexity index is 477. The molecule has 1 aliphatic heterocycles. The van der Waals surface area contributed by atoms with Crippen LogP contribution in [0.25, 0.3) is 0 Å². The molecule has 1 heterocycles. The number of rotatable bonds is 3. The Morgan fingerprint density at radius 3 is 2.55 bits per heavy atom. The Labute approximate surface area is 121 Å². The van der Waals surface area contributed by atoms with Crippen LogP contribution in [0.4, 0.5) is 5.69 Å². The second-order valence-corrected chi connectivity index (χ2v) is 5.82. The van der Waals surface area contributed by atoms with Crippen molar-refractivity contribution in [1.82, 2.24) is 4.90 Å². The molecule has 1 fully saturated rings. The summed E-state index contributed by atoms with van der Waals surface area (Å²) in [4.78, 5) is 14.3. The number of ether oxygens (including phenoxy) is 1. The standard InChI is InChI=1S/C16H24N2O2/c1-11-5-6-15(12(2)7-11)17-16(19)10-18-8-13(3)20-14(4)9-18/h5-7,13-14H,8-10H2,1-4H3,(H,17,19)/t13-,14-/m0/s1. The summed E-state index contributed by atoms with van der Waals surface area (Å²) in [7, 11) is 0. The SMILES string of the molecule is Cc1ccc(NC(=O)CN2C[C@H](C)O[C@@H](C)C2)c(C)c1. The van der Waals surface area contributed by atoms with E-state index in [1.807, 2.05) is 32.9 Å². The van der Waals surface area contributed by atoms with Gasteiger partial charge < -0.3 is 10.1 Å². The summed E-state index contributed by atoms with van der Waals surface area (Å²) in [5, 5.41) is 2.99. The van der Waals surface area contributed by atoms with Crippen LogP contribution in [0.15, 0.2) is 18.2 Å². The molecule has 1 aromatic rings. The van der Waals surface area contributed by atoms with E-state index in [-0.39, 0.29) is 18.1 Å². The van der Waals surface area contributed by atoms with E-state index in [0.29, 0.717) is 6.54 Å². The number of hydrogen-bond donors (Lipinski definition) is 1. The number of amides is 1. The smallest absolute Gasteiger partial charge is 0.238 e. The number of anilines is 1. The van der Waals surface area contributed by atoms with Crippen LogP contribution in [0.3, 0.4) is 0 Å². The highest BCUT2D eigenvalue weighted by Gasteiger charge is 2.23. The van der Waals surface area contributed by atoms with Crippen LogP contribution in [-0.4, -0.2) is 42.6 Å². The maximum Gasteiger partial charge on any atom is 0.238 e. The minimum Gasteiger partial charge on any atom is -0.373 e. The largest absolute Gasteiger partial charge is 0.373 e. The molecule has 20 heavy (non-hydrogen) atoms. The molecular formula is C16H24N2O2. The van der Waals surface area contributed by atoms with Crippen molar-refractivity contribution >= 4 is 11.6 Å². The van der Waals surface area contributed by atoms with Gasteiger partial charge in [0.25, 0.3) is 0 Å². The Balaban J connectivity index is 1.92. The van der Waals surface area contributed by atoms with E-state index in [2.05, 4.69) is 23.2 Å². The predicted octanol–water partition coefficient (Wildman–Crippen LogP) is 2.35. The van der Waals surface area contributed by atoms with E-state index in [4.69, 9.17) is 4.74 Å². The van der Waals surface area contributed by atoms with E-state index in [1.165, 1.54) is 5.56 Å². The maximum absolute atomic E-state index is 12.1. The minimum atomic E-state index is 0.0400. The van der Waals surface area contributed by atoms with Crippen LogP contribution in [0, 0.1) is 13.8 Å². The molecule has 1 aliphatic rings. The van der Waals surface area contributed by atoms with Crippen molar-refractivity contribution < 1.29 is 9.53 Å². The van der Waals surface area contributed by atoms with Crippen molar-refractivity contribution in [3.05, 3.63) is 29.3 Å². The van der Waals surface area contributed by atoms with Crippen LogP contribution in [-0.2, 0) is 9.53 Å². The average molecular weight is 276 g/mol. The van der Waals surface area contributed by atoms with Gasteiger partial charge in [0, 0.05) is 18.8 Å². The van der Waals surface area contributed by atoms with E-state index >= 15 is 0 Å². The minimum absolute atomic E-state index is 0.0400. The molecule has 1 N–H and O–H groups in total. The zero-order valence-electron chi connectivity index (χ0n) is 12.8. The van der Waals surface area contributed by atoms with Gasteiger partial charge in [-0.3, -0.25) is 9.69 Å². The predicted molar refractivity (Wildman–Crippen MR) is 81.0 cm³/mol. The summed E-state index contributed by atoms with van der Waals surface area (Å²) < 4.78 is 5.68. The average Bonchev–Trinajstić information content (AvgIpc) is 2.31. The molecule has 0 spiro atoms. The van der Waals surface area contributed by atoms with Gasteiger partial charge in [-0.15, -0.1) is 0 Å². The molecule has 4 heteroatoms. The molecule has 0 bridgehead atoms. The maximum atomic E-state index is 12.1. The first-order valence-electron chi connectivity index (χ1n) is 7.19. The number of benzene rings is 1. The number of morpholine rings is 1. The zero-order valence-corrected chi connectivity index (χ0v) is 12.8. The summed E-state index contributed by atoms with van der Waals surface area (Å²) in [6.45, 7) is 10.2. The molecule has 0 unspecified atom stereocenters. The van der Waals surface area contributed by atoms with Crippen molar-refractivity contribution in [1.29, 1.82) is 0 Å². The van der Waals surface area contributed by atoms with E-state index in [9.17, 15) is 4.79 Å². The molecule has 0 aliphatic carbocycles. The quantitative estimate of drug-likeness (QED) is 0.921. The number of carbonyl (C=O) groups excluding carboxylic acids is 1. The third-order valence-corrected chi connectivity index (χ3v) is 3.52. The van der Waals surface area contributed by atoms with Gasteiger partial charge in [0.15, 0.2) is 0 Å². The lowest BCUT2D eigenvalue weighted by atomic mass is 10.1. The second kappa shape index (κ2) is 6.37. The van der Waals surface area contributed by atoms with Crippen LogP contribution in [0.2, 0.25) is 0 Å². The van der Waals surface area contributed by atoms with Gasteiger partial charge in [-0.25, -0.2) is 0 Å². The fourth-order valence-corrected chi connectivity index (χ4v) is 2.76. The van der Waals surface area contributed by atoms with Crippen LogP contribution in [0.1, 0.15) is 25.0 Å². The molecule has 0 saturated carbocycles. The molecule has 1 amide bonds. The molecule has 0 radical (unpaired) electrons. The summed E-state index contributed by atoms with van der Waals surface area (Å²) in [6.07, 6.45) is 0.375. The van der Waals surface area contributed by atoms with Crippen LogP contribution in [0.5, 0.6) is 0 Å². The highest BCUT2D eigenvalue weighted by Crippen LogP contribution is 2.16. The van der Waals surface area contributed by atoms with E-state index < -0.39 is 0 Å². The van der Waals surface area contributed by atoms with Gasteiger partial charge in [-0.2, -0.15) is 0 Å². The molecular weight excluding hydrogens is 252 g/mol. The fourth-order valence-electron chi connectivity index (χ4n) is 2.76. The normalized spacial score (nSPS) is 23.6. The van der Waals surface area contributed by atoms with Gasteiger partial charge in [-0.1, -0.05) is 17.7 Å². The Hall–Kier alpha value is -1.39. The molecule has 4 nitrogen and oxygen atoms in total. The summed E-state index contributed by atoms with van der Waals surface area (Å²) in [6, 6.07) is 6.06. The first kappa shape index (κ1) is 15.0. The Morgan fingerprint density at radius 2 is 1.95 bits per heavy atom. The van der Waals surface area contributed by atoms with Crippen molar-refractivity contribution in [2.24, 2.45) is 0 Å². The van der Waals surface area contributed by atoms with Crippen molar-refractivity contribution in [3.63, 3.8) is 0 Å². The first-order chi connectivity index (χ1) is 9.44. The number of nitrogens with zero attached hydrogens (tertiary/aromatic N) is 1. The van der Waals surface area contributed by atoms with Gasteiger partial charge in [0.1, 0.15) is 0 Å². The monoisotopic (exact) mass is 276 g/mol. The highest BCUT2D eigenvalue weighted by atomic mass is 16.5. The Kier molecular flexibility index (Phi) is 4.78. The molecule has 2 rings (SSSR count). The number of aryl methyl sites for hydroxylation is 2. The van der Waals surface area contributed by atoms with Gasteiger partial charge in [-0.05, 0) is 39.3 Å². The van der Waals surface area contributed by atoms with E-state index in [0.717, 1.165) is 24.3 Å².